The van der Waals surface area contributed by atoms with E-state index in [1.165, 1.54) is 69.9 Å². The lowest BCUT2D eigenvalue weighted by molar-refractivity contribution is 1.16. The zero-order chi connectivity index (χ0) is 38.2. The van der Waals surface area contributed by atoms with E-state index in [-0.39, 0.29) is 0 Å². The summed E-state index contributed by atoms with van der Waals surface area (Å²) in [5, 5.41) is 10.4. The van der Waals surface area contributed by atoms with Crippen molar-refractivity contribution >= 4 is 94.5 Å². The van der Waals surface area contributed by atoms with E-state index in [1.807, 2.05) is 0 Å². The number of aromatic nitrogens is 3. The molecule has 0 bridgehead atoms. The van der Waals surface area contributed by atoms with Crippen molar-refractivity contribution in [2.45, 2.75) is 0 Å². The molecule has 0 radical (unpaired) electrons. The lowest BCUT2D eigenvalue weighted by Gasteiger charge is -2.34. The molecule has 3 aromatic heterocycles. The molecule has 272 valence electrons. The van der Waals surface area contributed by atoms with E-state index >= 15 is 0 Å². The van der Waals surface area contributed by atoms with Crippen LogP contribution in [0.4, 0.5) is 0 Å². The molecule has 3 nitrogen and oxygen atoms in total. The first-order valence-electron chi connectivity index (χ1n) is 20.0. The summed E-state index contributed by atoms with van der Waals surface area (Å²) in [5.74, 6) is 0. The van der Waals surface area contributed by atoms with E-state index < -0.39 is 8.07 Å². The van der Waals surface area contributed by atoms with Gasteiger partial charge < -0.3 is 13.4 Å². The molecular formula is C54H37N3Si. The highest BCUT2D eigenvalue weighted by Gasteiger charge is 2.41. The van der Waals surface area contributed by atoms with Crippen LogP contribution < -0.4 is 20.7 Å². The molecule has 0 N–H and O–H groups in total. The van der Waals surface area contributed by atoms with Crippen molar-refractivity contribution in [1.82, 2.24) is 13.4 Å². The summed E-state index contributed by atoms with van der Waals surface area (Å²) in [6.45, 7) is 0. The highest BCUT2D eigenvalue weighted by atomic mass is 28.3. The van der Waals surface area contributed by atoms with Crippen molar-refractivity contribution in [3.63, 3.8) is 0 Å². The second-order valence-corrected chi connectivity index (χ2v) is 19.1. The van der Waals surface area contributed by atoms with Crippen LogP contribution in [0.2, 0.25) is 0 Å². The van der Waals surface area contributed by atoms with E-state index in [1.54, 1.807) is 0 Å². The summed E-state index contributed by atoms with van der Waals surface area (Å²) in [4.78, 5) is 0. The average molecular weight is 756 g/mol. The summed E-state index contributed by atoms with van der Waals surface area (Å²) in [6.07, 6.45) is 0. The molecule has 58 heavy (non-hydrogen) atoms. The van der Waals surface area contributed by atoms with Gasteiger partial charge in [0.15, 0.2) is 8.07 Å². The van der Waals surface area contributed by atoms with E-state index in [4.69, 9.17) is 0 Å². The Labute approximate surface area is 336 Å². The second kappa shape index (κ2) is 12.8. The van der Waals surface area contributed by atoms with Gasteiger partial charge in [-0.3, -0.25) is 0 Å². The zero-order valence-electron chi connectivity index (χ0n) is 31.7. The predicted octanol–water partition coefficient (Wildman–Crippen LogP) is 10.7. The van der Waals surface area contributed by atoms with Crippen molar-refractivity contribution < 1.29 is 0 Å². The van der Waals surface area contributed by atoms with Crippen LogP contribution in [-0.2, 0) is 0 Å². The third-order valence-corrected chi connectivity index (χ3v) is 17.2. The summed E-state index contributed by atoms with van der Waals surface area (Å²) in [7, 11) is -2.72. The van der Waals surface area contributed by atoms with E-state index in [2.05, 4.69) is 238 Å². The maximum absolute atomic E-state index is 2.72. The fourth-order valence-electron chi connectivity index (χ4n) is 10.0. The Kier molecular flexibility index (Phi) is 7.25. The maximum atomic E-state index is 2.52. The summed E-state index contributed by atoms with van der Waals surface area (Å²) in [5.41, 5.74) is 10.5. The lowest BCUT2D eigenvalue weighted by atomic mass is 10.1. The van der Waals surface area contributed by atoms with E-state index in [9.17, 15) is 0 Å². The van der Waals surface area contributed by atoms with Crippen LogP contribution >= 0.6 is 0 Å². The number of para-hydroxylation sites is 6. The highest BCUT2D eigenvalue weighted by molar-refractivity contribution is 7.19. The molecular weight excluding hydrogens is 719 g/mol. The molecule has 12 rings (SSSR count). The Balaban J connectivity index is 1.27. The van der Waals surface area contributed by atoms with Crippen LogP contribution in [0.25, 0.3) is 71.4 Å². The van der Waals surface area contributed by atoms with Crippen LogP contribution in [0, 0.1) is 0 Å². The van der Waals surface area contributed by atoms with Crippen LogP contribution in [0.1, 0.15) is 0 Å². The monoisotopic (exact) mass is 755 g/mol. The first-order chi connectivity index (χ1) is 28.8. The van der Waals surface area contributed by atoms with Crippen molar-refractivity contribution in [3.8, 4) is 5.69 Å². The molecule has 4 heteroatoms. The minimum absolute atomic E-state index is 1.11. The Bertz CT molecular complexity index is 3450. The topological polar surface area (TPSA) is 13.8 Å². The number of benzene rings is 9. The normalized spacial score (nSPS) is 12.1. The third kappa shape index (κ3) is 4.55. The number of hydrogen-bond acceptors (Lipinski definition) is 0. The number of hydrogen-bond donors (Lipinski definition) is 0. The molecule has 0 aliphatic heterocycles. The molecule has 0 aliphatic rings. The van der Waals surface area contributed by atoms with Gasteiger partial charge >= 0.3 is 0 Å². The molecule has 12 aromatic rings. The van der Waals surface area contributed by atoms with Gasteiger partial charge in [-0.2, -0.15) is 0 Å². The highest BCUT2D eigenvalue weighted by Crippen LogP contribution is 2.39. The largest absolute Gasteiger partial charge is 0.306 e. The number of nitrogens with zero attached hydrogens (tertiary/aromatic N) is 3. The number of fused-ring (bicyclic) bond motifs is 9. The van der Waals surface area contributed by atoms with Crippen molar-refractivity contribution in [3.05, 3.63) is 224 Å². The van der Waals surface area contributed by atoms with Gasteiger partial charge in [0.2, 0.25) is 0 Å². The van der Waals surface area contributed by atoms with Gasteiger partial charge in [0, 0.05) is 27.2 Å². The van der Waals surface area contributed by atoms with Gasteiger partial charge in [-0.15, -0.1) is 0 Å². The first-order valence-corrected chi connectivity index (χ1v) is 22.0. The quantitative estimate of drug-likeness (QED) is 0.123. The molecule has 0 unspecified atom stereocenters. The molecule has 9 aromatic carbocycles. The van der Waals surface area contributed by atoms with Gasteiger partial charge in [-0.1, -0.05) is 176 Å². The van der Waals surface area contributed by atoms with Crippen molar-refractivity contribution in [2.75, 3.05) is 0 Å². The first kappa shape index (κ1) is 32.8. The van der Waals surface area contributed by atoms with Crippen molar-refractivity contribution in [1.29, 1.82) is 0 Å². The SMILES string of the molecule is c1ccc([Si](c2ccccc2)(c2ccccc2)c2ccc(-n3c4ccccc4n4c5ccccc5c5cccc(c54)n4c5ccccc5c5cccc3c54)cc2)cc1. The predicted molar refractivity (Wildman–Crippen MR) is 248 cm³/mol. The van der Waals surface area contributed by atoms with E-state index in [0.29, 0.717) is 0 Å². The van der Waals surface area contributed by atoms with Gasteiger partial charge in [-0.25, -0.2) is 0 Å². The molecule has 0 saturated carbocycles. The van der Waals surface area contributed by atoms with Crippen molar-refractivity contribution in [2.24, 2.45) is 0 Å². The van der Waals surface area contributed by atoms with Gasteiger partial charge in [0.05, 0.1) is 44.1 Å². The standard InChI is InChI=1S/C54H37N3Si/c1-4-18-39(19-5-1)58(40-20-6-2-7-21-40,41-22-8-3-9-23-41)42-36-34-38(35-37-42)55-49-30-14-15-31-50(49)56-47-28-12-10-24-43(47)46-27-17-33-52(54(46)56)57-48-29-13-11-25-44(48)45-26-16-32-51(55)53(45)57/h1-37H. The molecule has 3 heterocycles. The Morgan fingerprint density at radius 2 is 0.603 bits per heavy atom. The van der Waals surface area contributed by atoms with E-state index in [0.717, 1.165) is 22.2 Å². The minimum Gasteiger partial charge on any atom is -0.306 e. The lowest BCUT2D eigenvalue weighted by Crippen LogP contribution is -2.74. The smallest absolute Gasteiger partial charge is 0.179 e. The van der Waals surface area contributed by atoms with Gasteiger partial charge in [0.25, 0.3) is 0 Å². The molecule has 0 atom stereocenters. The van der Waals surface area contributed by atoms with Gasteiger partial charge in [0.1, 0.15) is 0 Å². The van der Waals surface area contributed by atoms with Crippen LogP contribution in [0.3, 0.4) is 0 Å². The molecule has 0 spiro atoms. The summed E-state index contributed by atoms with van der Waals surface area (Å²) >= 11 is 0. The molecule has 0 amide bonds. The fourth-order valence-corrected chi connectivity index (χ4v) is 14.8. The maximum Gasteiger partial charge on any atom is 0.179 e. The third-order valence-electron chi connectivity index (χ3n) is 12.4. The molecule has 0 aliphatic carbocycles. The molecule has 0 saturated heterocycles. The van der Waals surface area contributed by atoms with Crippen LogP contribution in [0.5, 0.6) is 0 Å². The zero-order valence-corrected chi connectivity index (χ0v) is 32.7. The minimum atomic E-state index is -2.72. The molecule has 0 fully saturated rings. The van der Waals surface area contributed by atoms with Crippen LogP contribution in [0.15, 0.2) is 224 Å². The Morgan fingerprint density at radius 3 is 1.14 bits per heavy atom. The Morgan fingerprint density at radius 1 is 0.241 bits per heavy atom. The summed E-state index contributed by atoms with van der Waals surface area (Å²) in [6, 6.07) is 83.4. The Hall–Kier alpha value is -7.40. The summed E-state index contributed by atoms with van der Waals surface area (Å²) < 4.78 is 7.52. The fraction of sp³-hybridized carbons (Fsp3) is 0. The van der Waals surface area contributed by atoms with Gasteiger partial charge in [-0.05, 0) is 69.3 Å². The second-order valence-electron chi connectivity index (χ2n) is 15.3. The van der Waals surface area contributed by atoms with Crippen LogP contribution in [-0.4, -0.2) is 21.4 Å². The average Bonchev–Trinajstić information content (AvgIpc) is 3.83. The number of rotatable bonds is 5.